The van der Waals surface area contributed by atoms with Crippen LogP contribution in [0.5, 0.6) is 0 Å². The molecule has 3 heteroatoms. The van der Waals surface area contributed by atoms with Gasteiger partial charge in [-0.15, -0.1) is 16.7 Å². The fourth-order valence-corrected chi connectivity index (χ4v) is 4.62. The molecule has 0 aromatic heterocycles. The summed E-state index contributed by atoms with van der Waals surface area (Å²) >= 11 is 0. The molecule has 0 N–H and O–H groups in total. The van der Waals surface area contributed by atoms with Crippen LogP contribution in [0.15, 0.2) is 91.0 Å². The van der Waals surface area contributed by atoms with Crippen molar-refractivity contribution >= 4 is 0 Å². The predicted octanol–water partition coefficient (Wildman–Crippen LogP) is 8.06. The van der Waals surface area contributed by atoms with Gasteiger partial charge < -0.3 is 0 Å². The van der Waals surface area contributed by atoms with Gasteiger partial charge in [0.15, 0.2) is 0 Å². The maximum atomic E-state index is 3.16. The second kappa shape index (κ2) is 14.0. The van der Waals surface area contributed by atoms with E-state index in [0.717, 1.165) is 0 Å². The topological polar surface area (TPSA) is 0 Å². The molecule has 0 heterocycles. The van der Waals surface area contributed by atoms with E-state index in [4.69, 9.17) is 0 Å². The molecule has 0 atom stereocenters. The molecule has 0 saturated heterocycles. The van der Waals surface area contributed by atoms with Gasteiger partial charge in [0.25, 0.3) is 0 Å². The Bertz CT molecular complexity index is 1040. The van der Waals surface area contributed by atoms with Gasteiger partial charge in [0.2, 0.25) is 0 Å². The summed E-state index contributed by atoms with van der Waals surface area (Å²) in [5.74, 6) is 0. The third-order valence-electron chi connectivity index (χ3n) is 7.42. The molecule has 4 aromatic carbocycles. The van der Waals surface area contributed by atoms with E-state index in [0.29, 0.717) is 0 Å². The summed E-state index contributed by atoms with van der Waals surface area (Å²) in [5.41, 5.74) is 7.45. The third kappa shape index (κ3) is 7.23. The molecule has 4 rings (SSSR count). The van der Waals surface area contributed by atoms with E-state index in [2.05, 4.69) is 114 Å². The molecule has 0 amide bonds. The van der Waals surface area contributed by atoms with E-state index in [1.807, 2.05) is 36.4 Å². The van der Waals surface area contributed by atoms with Crippen LogP contribution < -0.4 is 0 Å². The van der Waals surface area contributed by atoms with Crippen LogP contribution in [-0.2, 0) is 114 Å². The molecular formula is C33H33Y3-3. The van der Waals surface area contributed by atoms with E-state index in [1.54, 1.807) is 0 Å². The third-order valence-corrected chi connectivity index (χ3v) is 7.42. The molecule has 0 spiro atoms. The maximum Gasteiger partial charge on any atom is 0 e. The van der Waals surface area contributed by atoms with Gasteiger partial charge in [0.1, 0.15) is 0 Å². The molecule has 0 saturated carbocycles. The first kappa shape index (κ1) is 34.2. The van der Waals surface area contributed by atoms with Crippen molar-refractivity contribution in [1.29, 1.82) is 0 Å². The smallest absolute Gasteiger partial charge is 0 e. The first-order valence-electron chi connectivity index (χ1n) is 11.7. The predicted molar refractivity (Wildman–Crippen MR) is 139 cm³/mol. The Morgan fingerprint density at radius 3 is 0.750 bits per heavy atom. The molecule has 0 unspecified atom stereocenters. The quantitative estimate of drug-likeness (QED) is 0.179. The second-order valence-electron chi connectivity index (χ2n) is 10.5. The van der Waals surface area contributed by atoms with Crippen LogP contribution in [0, 0.1) is 18.2 Å². The van der Waals surface area contributed by atoms with E-state index in [1.165, 1.54) is 33.4 Å². The van der Waals surface area contributed by atoms with Crippen molar-refractivity contribution in [3.63, 3.8) is 0 Å². The Hall–Kier alpha value is 0.192. The van der Waals surface area contributed by atoms with Gasteiger partial charge in [0.05, 0.1) is 0 Å². The summed E-state index contributed by atoms with van der Waals surface area (Å²) in [7, 11) is 0. The summed E-state index contributed by atoms with van der Waals surface area (Å²) in [6, 6.07) is 41.9. The summed E-state index contributed by atoms with van der Waals surface area (Å²) in [5, 5.41) is 0. The molecule has 0 bridgehead atoms. The Balaban J connectivity index is 0.00000216. The Morgan fingerprint density at radius 1 is 0.361 bits per heavy atom. The first-order valence-corrected chi connectivity index (χ1v) is 11.7. The standard InChI is InChI=1S/C33H33.3Y/c1-31(2,25-16-10-7-11-17-25)28-22-29(32(3,4)26-18-12-8-13-19-26)24-30(23-28)33(5,6)27-20-14-9-15-21-27;;;/h10-24H,1-6H3;;;/q-3;;;. The van der Waals surface area contributed by atoms with Crippen molar-refractivity contribution in [2.75, 3.05) is 0 Å². The number of rotatable bonds is 6. The Kier molecular flexibility index (Phi) is 13.3. The van der Waals surface area contributed by atoms with Crippen molar-refractivity contribution in [2.45, 2.75) is 57.8 Å². The molecule has 0 fully saturated rings. The van der Waals surface area contributed by atoms with Gasteiger partial charge in [-0.3, -0.25) is 0 Å². The second-order valence-corrected chi connectivity index (χ2v) is 10.5. The minimum absolute atomic E-state index is 0. The zero-order valence-electron chi connectivity index (χ0n) is 22.4. The van der Waals surface area contributed by atoms with Crippen LogP contribution in [0.25, 0.3) is 0 Å². The monoisotopic (exact) mass is 696 g/mol. The van der Waals surface area contributed by atoms with E-state index in [9.17, 15) is 0 Å². The minimum Gasteiger partial charge on any atom is -0.184 e. The van der Waals surface area contributed by atoms with Crippen molar-refractivity contribution in [3.05, 3.63) is 143 Å². The fourth-order valence-electron chi connectivity index (χ4n) is 4.62. The SMILES string of the molecule is CC(C)(c1cc[c-]cc1)c1cc(C(C)(C)c2cc[c-]cc2)cc(C(C)(C)c2cc[c-]cc2)c1.[Y].[Y].[Y]. The largest absolute Gasteiger partial charge is 0.184 e. The molecule has 0 aliphatic carbocycles. The Labute approximate surface area is 294 Å². The molecule has 0 aliphatic rings. The van der Waals surface area contributed by atoms with Crippen molar-refractivity contribution in [2.24, 2.45) is 0 Å². The van der Waals surface area contributed by atoms with Crippen LogP contribution in [0.1, 0.15) is 74.9 Å². The van der Waals surface area contributed by atoms with Crippen molar-refractivity contribution < 1.29 is 98.1 Å². The van der Waals surface area contributed by atoms with Gasteiger partial charge in [-0.25, -0.2) is 0 Å². The molecule has 0 nitrogen and oxygen atoms in total. The minimum atomic E-state index is -0.138. The van der Waals surface area contributed by atoms with E-state index >= 15 is 0 Å². The molecule has 36 heavy (non-hydrogen) atoms. The molecule has 177 valence electrons. The Morgan fingerprint density at radius 2 is 0.556 bits per heavy atom. The van der Waals surface area contributed by atoms with Gasteiger partial charge >= 0.3 is 0 Å². The zero-order valence-corrected chi connectivity index (χ0v) is 30.9. The zero-order chi connectivity index (χ0) is 23.7. The maximum absolute atomic E-state index is 3.16. The van der Waals surface area contributed by atoms with E-state index in [-0.39, 0.29) is 114 Å². The van der Waals surface area contributed by atoms with Crippen LogP contribution in [0.4, 0.5) is 0 Å². The first-order chi connectivity index (χ1) is 15.6. The summed E-state index contributed by atoms with van der Waals surface area (Å²) in [6.07, 6.45) is 0. The van der Waals surface area contributed by atoms with Gasteiger partial charge in [-0.05, 0) is 32.9 Å². The van der Waals surface area contributed by atoms with Crippen LogP contribution in [0.3, 0.4) is 0 Å². The summed E-state index contributed by atoms with van der Waals surface area (Å²) < 4.78 is 0. The van der Waals surface area contributed by atoms with Gasteiger partial charge in [-0.2, -0.15) is 91.0 Å². The molecule has 3 radical (unpaired) electrons. The molecule has 0 aliphatic heterocycles. The number of hydrogen-bond donors (Lipinski definition) is 0. The summed E-state index contributed by atoms with van der Waals surface area (Å²) in [4.78, 5) is 0. The fraction of sp³-hybridized carbons (Fsp3) is 0.273. The van der Waals surface area contributed by atoms with E-state index < -0.39 is 0 Å². The van der Waals surface area contributed by atoms with Crippen LogP contribution >= 0.6 is 0 Å². The van der Waals surface area contributed by atoms with Crippen molar-refractivity contribution in [3.8, 4) is 0 Å². The number of benzene rings is 4. The summed E-state index contributed by atoms with van der Waals surface area (Å²) in [6.45, 7) is 13.9. The van der Waals surface area contributed by atoms with Crippen LogP contribution in [0.2, 0.25) is 0 Å². The molecular weight excluding hydrogens is 663 g/mol. The van der Waals surface area contributed by atoms with Crippen molar-refractivity contribution in [1.82, 2.24) is 0 Å². The normalized spacial score (nSPS) is 11.5. The molecule has 4 aromatic rings. The number of hydrogen-bond acceptors (Lipinski definition) is 0. The average Bonchev–Trinajstić information content (AvgIpc) is 2.85. The van der Waals surface area contributed by atoms with Gasteiger partial charge in [0, 0.05) is 98.1 Å². The van der Waals surface area contributed by atoms with Gasteiger partial charge in [-0.1, -0.05) is 59.7 Å². The van der Waals surface area contributed by atoms with Crippen LogP contribution in [-0.4, -0.2) is 0 Å². The average molecular weight is 696 g/mol.